The van der Waals surface area contributed by atoms with Crippen LogP contribution in [0, 0.1) is 5.82 Å². The van der Waals surface area contributed by atoms with Gasteiger partial charge in [0.2, 0.25) is 5.91 Å². The highest BCUT2D eigenvalue weighted by atomic mass is 35.5. The average Bonchev–Trinajstić information content (AvgIpc) is 2.84. The maximum atomic E-state index is 15.0. The highest BCUT2D eigenvalue weighted by molar-refractivity contribution is 8.00. The SMILES string of the molecule is C=CCOC(=O)C1=C(C(=O)N(C(=O)CCl)c2cc(SC(C)C(=O)OC)c(Cl)cc2F)CCCC1. The molecule has 1 aliphatic rings. The largest absolute Gasteiger partial charge is 0.468 e. The molecule has 2 rings (SSSR count). The predicted octanol–water partition coefficient (Wildman–Crippen LogP) is 4.83. The van der Waals surface area contributed by atoms with Gasteiger partial charge in [-0.3, -0.25) is 14.4 Å². The number of rotatable bonds is 9. The first-order chi connectivity index (χ1) is 16.2. The molecule has 0 saturated carbocycles. The third-order valence-electron chi connectivity index (χ3n) is 4.95. The van der Waals surface area contributed by atoms with Crippen LogP contribution in [0.15, 0.2) is 40.8 Å². The van der Waals surface area contributed by atoms with Gasteiger partial charge in [-0.1, -0.05) is 24.3 Å². The average molecular weight is 532 g/mol. The number of esters is 2. The molecule has 1 aromatic carbocycles. The smallest absolute Gasteiger partial charge is 0.334 e. The minimum absolute atomic E-state index is 0.0155. The van der Waals surface area contributed by atoms with Crippen LogP contribution in [0.25, 0.3) is 0 Å². The molecule has 1 aliphatic carbocycles. The van der Waals surface area contributed by atoms with Gasteiger partial charge in [-0.2, -0.15) is 0 Å². The summed E-state index contributed by atoms with van der Waals surface area (Å²) in [6.45, 7) is 5.01. The standard InChI is InChI=1S/C23H24Cl2FNO6S/c1-4-9-33-23(31)15-8-6-5-7-14(15)21(29)27(20(28)12-24)18-11-19(16(25)10-17(18)26)34-13(2)22(30)32-3/h4,10-11,13H,1,5-9,12H2,2-3H3. The minimum atomic E-state index is -0.945. The predicted molar refractivity (Wildman–Crippen MR) is 129 cm³/mol. The molecule has 2 amide bonds. The van der Waals surface area contributed by atoms with Crippen LogP contribution in [0.1, 0.15) is 32.6 Å². The van der Waals surface area contributed by atoms with Crippen molar-refractivity contribution in [2.45, 2.75) is 42.8 Å². The summed E-state index contributed by atoms with van der Waals surface area (Å²) < 4.78 is 24.8. The molecule has 0 radical (unpaired) electrons. The molecule has 0 saturated heterocycles. The van der Waals surface area contributed by atoms with Crippen molar-refractivity contribution in [1.29, 1.82) is 0 Å². The molecule has 0 N–H and O–H groups in total. The van der Waals surface area contributed by atoms with Crippen LogP contribution >= 0.6 is 35.0 Å². The Morgan fingerprint density at radius 1 is 1.24 bits per heavy atom. The van der Waals surface area contributed by atoms with Crippen molar-refractivity contribution in [3.05, 3.63) is 46.8 Å². The lowest BCUT2D eigenvalue weighted by atomic mass is 9.90. The summed E-state index contributed by atoms with van der Waals surface area (Å²) in [4.78, 5) is 51.4. The minimum Gasteiger partial charge on any atom is -0.468 e. The molecule has 34 heavy (non-hydrogen) atoms. The van der Waals surface area contributed by atoms with Crippen molar-refractivity contribution in [3.8, 4) is 0 Å². The first-order valence-corrected chi connectivity index (χ1v) is 12.1. The van der Waals surface area contributed by atoms with Crippen molar-refractivity contribution in [2.75, 3.05) is 24.5 Å². The second-order valence-corrected chi connectivity index (χ2v) is 9.29. The number of thioether (sulfide) groups is 1. The molecule has 0 heterocycles. The van der Waals surface area contributed by atoms with Gasteiger partial charge < -0.3 is 9.47 Å². The van der Waals surface area contributed by atoms with Gasteiger partial charge in [0.1, 0.15) is 23.6 Å². The summed E-state index contributed by atoms with van der Waals surface area (Å²) in [6, 6.07) is 2.14. The Labute approximate surface area is 211 Å². The number of benzene rings is 1. The number of nitrogens with zero attached hydrogens (tertiary/aromatic N) is 1. The van der Waals surface area contributed by atoms with Gasteiger partial charge in [0, 0.05) is 16.0 Å². The van der Waals surface area contributed by atoms with Crippen LogP contribution in [0.2, 0.25) is 5.02 Å². The molecular weight excluding hydrogens is 508 g/mol. The molecule has 1 atom stereocenters. The van der Waals surface area contributed by atoms with E-state index in [4.69, 9.17) is 32.7 Å². The monoisotopic (exact) mass is 531 g/mol. The fourth-order valence-electron chi connectivity index (χ4n) is 3.32. The molecule has 1 unspecified atom stereocenters. The zero-order valence-corrected chi connectivity index (χ0v) is 21.0. The lowest BCUT2D eigenvalue weighted by Gasteiger charge is -2.26. The molecule has 11 heteroatoms. The third kappa shape index (κ3) is 6.61. The molecule has 184 valence electrons. The van der Waals surface area contributed by atoms with E-state index in [0.29, 0.717) is 17.7 Å². The molecule has 0 bridgehead atoms. The number of carbonyl (C=O) groups excluding carboxylic acids is 4. The van der Waals surface area contributed by atoms with E-state index in [0.717, 1.165) is 17.8 Å². The zero-order valence-electron chi connectivity index (χ0n) is 18.7. The number of carbonyl (C=O) groups is 4. The van der Waals surface area contributed by atoms with E-state index in [9.17, 15) is 23.6 Å². The van der Waals surface area contributed by atoms with E-state index in [2.05, 4.69) is 6.58 Å². The maximum absolute atomic E-state index is 15.0. The molecule has 0 aromatic heterocycles. The number of amides is 2. The molecule has 0 fully saturated rings. The summed E-state index contributed by atoms with van der Waals surface area (Å²) in [5.74, 6) is -4.54. The van der Waals surface area contributed by atoms with E-state index >= 15 is 0 Å². The van der Waals surface area contributed by atoms with E-state index in [1.807, 2.05) is 0 Å². The highest BCUT2D eigenvalue weighted by Crippen LogP contribution is 2.37. The summed E-state index contributed by atoms with van der Waals surface area (Å²) in [5, 5.41) is -0.709. The number of alkyl halides is 1. The van der Waals surface area contributed by atoms with E-state index in [1.54, 1.807) is 6.92 Å². The summed E-state index contributed by atoms with van der Waals surface area (Å²) in [5.41, 5.74) is -0.199. The van der Waals surface area contributed by atoms with Crippen molar-refractivity contribution in [3.63, 3.8) is 0 Å². The normalized spacial score (nSPS) is 14.3. The van der Waals surface area contributed by atoms with Gasteiger partial charge in [-0.05, 0) is 44.7 Å². The van der Waals surface area contributed by atoms with Crippen LogP contribution in [0.3, 0.4) is 0 Å². The van der Waals surface area contributed by atoms with Crippen LogP contribution in [0.5, 0.6) is 0 Å². The van der Waals surface area contributed by atoms with Crippen molar-refractivity contribution >= 4 is 64.4 Å². The second-order valence-electron chi connectivity index (χ2n) is 7.24. The van der Waals surface area contributed by atoms with Gasteiger partial charge in [-0.25, -0.2) is 14.1 Å². The Kier molecular flexibility index (Phi) is 10.6. The quantitative estimate of drug-likeness (QED) is 0.195. The lowest BCUT2D eigenvalue weighted by molar-refractivity contribution is -0.140. The van der Waals surface area contributed by atoms with E-state index in [1.165, 1.54) is 19.3 Å². The maximum Gasteiger partial charge on any atom is 0.334 e. The van der Waals surface area contributed by atoms with Gasteiger partial charge >= 0.3 is 11.9 Å². The number of hydrogen-bond donors (Lipinski definition) is 0. The third-order valence-corrected chi connectivity index (χ3v) is 6.74. The number of imide groups is 1. The van der Waals surface area contributed by atoms with E-state index < -0.39 is 46.4 Å². The zero-order chi connectivity index (χ0) is 25.4. The summed E-state index contributed by atoms with van der Waals surface area (Å²) >= 11 is 12.9. The Morgan fingerprint density at radius 3 is 2.47 bits per heavy atom. The number of hydrogen-bond acceptors (Lipinski definition) is 7. The first-order valence-electron chi connectivity index (χ1n) is 10.3. The van der Waals surface area contributed by atoms with Crippen molar-refractivity contribution < 1.29 is 33.0 Å². The number of methoxy groups -OCH3 is 1. The van der Waals surface area contributed by atoms with Crippen LogP contribution in [0.4, 0.5) is 10.1 Å². The molecule has 0 aliphatic heterocycles. The number of ether oxygens (including phenoxy) is 2. The Hall–Kier alpha value is -2.36. The Bertz CT molecular complexity index is 1030. The van der Waals surface area contributed by atoms with Crippen molar-refractivity contribution in [2.24, 2.45) is 0 Å². The summed E-state index contributed by atoms with van der Waals surface area (Å²) in [7, 11) is 1.23. The van der Waals surface area contributed by atoms with Gasteiger partial charge in [0.25, 0.3) is 5.91 Å². The van der Waals surface area contributed by atoms with Gasteiger partial charge in [0.15, 0.2) is 0 Å². The molecular formula is C23H24Cl2FNO6S. The topological polar surface area (TPSA) is 90.0 Å². The number of anilines is 1. The Balaban J connectivity index is 2.56. The lowest BCUT2D eigenvalue weighted by Crippen LogP contribution is -2.40. The fourth-order valence-corrected chi connectivity index (χ4v) is 4.65. The van der Waals surface area contributed by atoms with Gasteiger partial charge in [-0.15, -0.1) is 23.4 Å². The molecule has 7 nitrogen and oxygen atoms in total. The fraction of sp³-hybridized carbons (Fsp3) is 0.391. The summed E-state index contributed by atoms with van der Waals surface area (Å²) in [6.07, 6.45) is 3.13. The van der Waals surface area contributed by atoms with Crippen LogP contribution in [-0.2, 0) is 28.7 Å². The Morgan fingerprint density at radius 2 is 1.88 bits per heavy atom. The number of halogens is 3. The first kappa shape index (κ1) is 27.9. The van der Waals surface area contributed by atoms with Crippen molar-refractivity contribution in [1.82, 2.24) is 0 Å². The highest BCUT2D eigenvalue weighted by Gasteiger charge is 2.33. The second kappa shape index (κ2) is 12.9. The van der Waals surface area contributed by atoms with E-state index in [-0.39, 0.29) is 40.5 Å². The molecule has 0 spiro atoms. The van der Waals surface area contributed by atoms with Crippen LogP contribution in [-0.4, -0.2) is 48.6 Å². The van der Waals surface area contributed by atoms with Gasteiger partial charge in [0.05, 0.1) is 17.8 Å². The molecule has 1 aromatic rings. The van der Waals surface area contributed by atoms with Crippen LogP contribution < -0.4 is 4.90 Å².